The van der Waals surface area contributed by atoms with Crippen LogP contribution in [0.15, 0.2) is 0 Å². The summed E-state index contributed by atoms with van der Waals surface area (Å²) >= 11 is 0. The highest BCUT2D eigenvalue weighted by molar-refractivity contribution is 5.78. The van der Waals surface area contributed by atoms with Crippen LogP contribution in [0, 0.1) is 5.92 Å². The Hall–Kier alpha value is -0.610. The summed E-state index contributed by atoms with van der Waals surface area (Å²) in [5, 5.41) is 3.24. The van der Waals surface area contributed by atoms with Crippen LogP contribution in [0.2, 0.25) is 0 Å². The summed E-state index contributed by atoms with van der Waals surface area (Å²) in [4.78, 5) is 14.0. The second-order valence-corrected chi connectivity index (χ2v) is 5.77. The maximum Gasteiger partial charge on any atom is 0.236 e. The zero-order valence-corrected chi connectivity index (χ0v) is 11.6. The Morgan fingerprint density at radius 2 is 2.18 bits per heavy atom. The molecule has 0 radical (unpaired) electrons. The fraction of sp³-hybridized carbons (Fsp3) is 0.923. The van der Waals surface area contributed by atoms with Crippen molar-refractivity contribution in [2.45, 2.75) is 39.7 Å². The van der Waals surface area contributed by atoms with Crippen LogP contribution in [0.1, 0.15) is 34.1 Å². The molecule has 100 valence electrons. The van der Waals surface area contributed by atoms with Crippen LogP contribution >= 0.6 is 0 Å². The van der Waals surface area contributed by atoms with Gasteiger partial charge in [-0.05, 0) is 34.1 Å². The highest BCUT2D eigenvalue weighted by Gasteiger charge is 2.22. The van der Waals surface area contributed by atoms with Gasteiger partial charge in [-0.1, -0.05) is 0 Å². The number of nitrogens with zero attached hydrogens (tertiary/aromatic N) is 1. The van der Waals surface area contributed by atoms with Gasteiger partial charge in [0.25, 0.3) is 0 Å². The molecule has 4 nitrogen and oxygen atoms in total. The highest BCUT2D eigenvalue weighted by atomic mass is 16.5. The average Bonchev–Trinajstić information content (AvgIpc) is 2.74. The summed E-state index contributed by atoms with van der Waals surface area (Å²) in [5.41, 5.74) is -0.00839. The van der Waals surface area contributed by atoms with E-state index in [0.29, 0.717) is 12.5 Å². The largest absolute Gasteiger partial charge is 0.381 e. The smallest absolute Gasteiger partial charge is 0.236 e. The first-order valence-electron chi connectivity index (χ1n) is 6.53. The van der Waals surface area contributed by atoms with Gasteiger partial charge in [0, 0.05) is 31.2 Å². The van der Waals surface area contributed by atoms with Crippen molar-refractivity contribution >= 4 is 5.91 Å². The molecular weight excluding hydrogens is 216 g/mol. The Labute approximate surface area is 105 Å². The first-order valence-corrected chi connectivity index (χ1v) is 6.53. The van der Waals surface area contributed by atoms with E-state index in [1.54, 1.807) is 0 Å². The molecule has 0 saturated carbocycles. The second kappa shape index (κ2) is 6.36. The third-order valence-electron chi connectivity index (χ3n) is 3.01. The molecule has 1 atom stereocenters. The van der Waals surface area contributed by atoms with Crippen molar-refractivity contribution in [3.8, 4) is 0 Å². The molecule has 1 rings (SSSR count). The van der Waals surface area contributed by atoms with E-state index in [-0.39, 0.29) is 11.4 Å². The molecule has 1 fully saturated rings. The number of likely N-dealkylation sites (N-methyl/N-ethyl adjacent to an activating group) is 1. The fourth-order valence-electron chi connectivity index (χ4n) is 1.90. The predicted octanol–water partition coefficient (Wildman–Crippen LogP) is 1.26. The van der Waals surface area contributed by atoms with E-state index in [1.807, 2.05) is 11.8 Å². The number of carbonyl (C=O) groups excluding carboxylic acids is 1. The van der Waals surface area contributed by atoms with Gasteiger partial charge >= 0.3 is 0 Å². The van der Waals surface area contributed by atoms with E-state index in [0.717, 1.165) is 32.7 Å². The van der Waals surface area contributed by atoms with Crippen molar-refractivity contribution in [1.82, 2.24) is 10.2 Å². The predicted molar refractivity (Wildman–Crippen MR) is 68.9 cm³/mol. The van der Waals surface area contributed by atoms with E-state index in [9.17, 15) is 4.79 Å². The quantitative estimate of drug-likeness (QED) is 0.789. The van der Waals surface area contributed by atoms with E-state index < -0.39 is 0 Å². The molecular formula is C13H26N2O2. The topological polar surface area (TPSA) is 41.6 Å². The van der Waals surface area contributed by atoms with Gasteiger partial charge in [0.15, 0.2) is 0 Å². The molecule has 0 aromatic rings. The average molecular weight is 242 g/mol. The third kappa shape index (κ3) is 5.50. The second-order valence-electron chi connectivity index (χ2n) is 5.77. The zero-order chi connectivity index (χ0) is 12.9. The molecule has 0 aromatic carbocycles. The van der Waals surface area contributed by atoms with Crippen LogP contribution in [0.25, 0.3) is 0 Å². The lowest BCUT2D eigenvalue weighted by molar-refractivity contribution is -0.131. The third-order valence-corrected chi connectivity index (χ3v) is 3.01. The molecule has 0 aromatic heterocycles. The molecule has 17 heavy (non-hydrogen) atoms. The summed E-state index contributed by atoms with van der Waals surface area (Å²) in [7, 11) is 0. The Balaban J connectivity index is 2.35. The number of ether oxygens (including phenoxy) is 1. The lowest BCUT2D eigenvalue weighted by atomic mass is 10.1. The molecule has 1 aliphatic heterocycles. The van der Waals surface area contributed by atoms with Gasteiger partial charge in [-0.3, -0.25) is 4.79 Å². The highest BCUT2D eigenvalue weighted by Crippen LogP contribution is 2.13. The van der Waals surface area contributed by atoms with Crippen molar-refractivity contribution in [3.05, 3.63) is 0 Å². The Bertz CT molecular complexity index is 242. The van der Waals surface area contributed by atoms with E-state index in [1.165, 1.54) is 0 Å². The van der Waals surface area contributed by atoms with Gasteiger partial charge in [0.05, 0.1) is 13.2 Å². The molecule has 0 aliphatic carbocycles. The lowest BCUT2D eigenvalue weighted by Gasteiger charge is -2.26. The molecule has 1 heterocycles. The number of hydrogen-bond acceptors (Lipinski definition) is 3. The van der Waals surface area contributed by atoms with Crippen LogP contribution in [0.5, 0.6) is 0 Å². The minimum absolute atomic E-state index is 0.00839. The Kier molecular flexibility index (Phi) is 5.40. The molecule has 1 amide bonds. The monoisotopic (exact) mass is 242 g/mol. The van der Waals surface area contributed by atoms with Crippen LogP contribution in [0.3, 0.4) is 0 Å². The molecule has 1 saturated heterocycles. The summed E-state index contributed by atoms with van der Waals surface area (Å²) in [5.74, 6) is 0.711. The minimum Gasteiger partial charge on any atom is -0.381 e. The van der Waals surface area contributed by atoms with E-state index in [2.05, 4.69) is 26.1 Å². The normalized spacial score (nSPS) is 20.6. The lowest BCUT2D eigenvalue weighted by Crippen LogP contribution is -2.46. The number of amides is 1. The Morgan fingerprint density at radius 3 is 2.65 bits per heavy atom. The Morgan fingerprint density at radius 1 is 1.47 bits per heavy atom. The van der Waals surface area contributed by atoms with Gasteiger partial charge in [0.2, 0.25) is 5.91 Å². The van der Waals surface area contributed by atoms with Gasteiger partial charge < -0.3 is 15.0 Å². The number of hydrogen-bond donors (Lipinski definition) is 1. The van der Waals surface area contributed by atoms with E-state index >= 15 is 0 Å². The van der Waals surface area contributed by atoms with Crippen LogP contribution < -0.4 is 5.32 Å². The summed E-state index contributed by atoms with van der Waals surface area (Å²) in [6, 6.07) is 0. The van der Waals surface area contributed by atoms with Crippen LogP contribution in [-0.2, 0) is 9.53 Å². The SMILES string of the molecule is CCN(CC1CCOC1)C(=O)CNC(C)(C)C. The minimum atomic E-state index is -0.00839. The van der Waals surface area contributed by atoms with Crippen molar-refractivity contribution in [1.29, 1.82) is 0 Å². The molecule has 1 unspecified atom stereocenters. The van der Waals surface area contributed by atoms with Gasteiger partial charge in [-0.15, -0.1) is 0 Å². The van der Waals surface area contributed by atoms with Gasteiger partial charge in [-0.25, -0.2) is 0 Å². The van der Waals surface area contributed by atoms with E-state index in [4.69, 9.17) is 4.74 Å². The molecule has 4 heteroatoms. The fourth-order valence-corrected chi connectivity index (χ4v) is 1.90. The first kappa shape index (κ1) is 14.5. The molecule has 0 spiro atoms. The number of rotatable bonds is 5. The zero-order valence-electron chi connectivity index (χ0n) is 11.6. The molecule has 0 bridgehead atoms. The van der Waals surface area contributed by atoms with Gasteiger partial charge in [0.1, 0.15) is 0 Å². The summed E-state index contributed by atoms with van der Waals surface area (Å²) < 4.78 is 5.34. The van der Waals surface area contributed by atoms with Crippen LogP contribution in [0.4, 0.5) is 0 Å². The van der Waals surface area contributed by atoms with Crippen molar-refractivity contribution in [3.63, 3.8) is 0 Å². The summed E-state index contributed by atoms with van der Waals surface area (Å²) in [6.45, 7) is 11.9. The van der Waals surface area contributed by atoms with Crippen molar-refractivity contribution in [2.24, 2.45) is 5.92 Å². The maximum absolute atomic E-state index is 12.0. The number of carbonyl (C=O) groups is 1. The number of nitrogens with one attached hydrogen (secondary N) is 1. The maximum atomic E-state index is 12.0. The standard InChI is InChI=1S/C13H26N2O2/c1-5-15(9-11-6-7-17-10-11)12(16)8-14-13(2,3)4/h11,14H,5-10H2,1-4H3. The van der Waals surface area contributed by atoms with Gasteiger partial charge in [-0.2, -0.15) is 0 Å². The van der Waals surface area contributed by atoms with Crippen molar-refractivity contribution in [2.75, 3.05) is 32.8 Å². The molecule has 1 aliphatic rings. The van der Waals surface area contributed by atoms with Crippen LogP contribution in [-0.4, -0.2) is 49.2 Å². The van der Waals surface area contributed by atoms with Crippen molar-refractivity contribution < 1.29 is 9.53 Å². The summed E-state index contributed by atoms with van der Waals surface area (Å²) in [6.07, 6.45) is 1.08. The first-order chi connectivity index (χ1) is 7.92. The molecule has 1 N–H and O–H groups in total.